The van der Waals surface area contributed by atoms with E-state index < -0.39 is 6.04 Å². The summed E-state index contributed by atoms with van der Waals surface area (Å²) < 4.78 is 6.86. The summed E-state index contributed by atoms with van der Waals surface area (Å²) in [6, 6.07) is 6.79. The van der Waals surface area contributed by atoms with Crippen LogP contribution in [-0.2, 0) is 4.79 Å². The Bertz CT molecular complexity index is 580. The van der Waals surface area contributed by atoms with Crippen molar-refractivity contribution in [2.45, 2.75) is 19.9 Å². The van der Waals surface area contributed by atoms with Gasteiger partial charge in [0.1, 0.15) is 11.8 Å². The SMILES string of the molecule is CCOc1ccc(NC(=O)C(C)n2cc(Cl)cn2)cc1. The molecule has 0 saturated heterocycles. The van der Waals surface area contributed by atoms with E-state index in [4.69, 9.17) is 16.3 Å². The van der Waals surface area contributed by atoms with Gasteiger partial charge >= 0.3 is 0 Å². The highest BCUT2D eigenvalue weighted by Gasteiger charge is 2.15. The van der Waals surface area contributed by atoms with Gasteiger partial charge in [-0.3, -0.25) is 9.48 Å². The van der Waals surface area contributed by atoms with E-state index >= 15 is 0 Å². The molecule has 0 saturated carbocycles. The van der Waals surface area contributed by atoms with Gasteiger partial charge in [0, 0.05) is 11.9 Å². The summed E-state index contributed by atoms with van der Waals surface area (Å²) in [6.45, 7) is 4.29. The van der Waals surface area contributed by atoms with Crippen LogP contribution in [0.4, 0.5) is 5.69 Å². The Balaban J connectivity index is 2.00. The summed E-state index contributed by atoms with van der Waals surface area (Å²) in [4.78, 5) is 12.1. The first-order chi connectivity index (χ1) is 9.60. The van der Waals surface area contributed by atoms with Crippen LogP contribution < -0.4 is 10.1 Å². The van der Waals surface area contributed by atoms with Gasteiger partial charge in [-0.25, -0.2) is 0 Å². The molecule has 1 N–H and O–H groups in total. The molecule has 0 fully saturated rings. The Kier molecular flexibility index (Phi) is 4.63. The highest BCUT2D eigenvalue weighted by molar-refractivity contribution is 6.30. The van der Waals surface area contributed by atoms with E-state index in [0.29, 0.717) is 17.3 Å². The third-order valence-electron chi connectivity index (χ3n) is 2.78. The maximum atomic E-state index is 12.1. The molecule has 6 heteroatoms. The number of nitrogens with one attached hydrogen (secondary N) is 1. The zero-order chi connectivity index (χ0) is 14.5. The lowest BCUT2D eigenvalue weighted by molar-refractivity contribution is -0.119. The van der Waals surface area contributed by atoms with Gasteiger partial charge in [-0.05, 0) is 38.1 Å². The van der Waals surface area contributed by atoms with E-state index in [9.17, 15) is 4.79 Å². The molecule has 2 rings (SSSR count). The van der Waals surface area contributed by atoms with Crippen LogP contribution in [0.2, 0.25) is 5.02 Å². The molecule has 20 heavy (non-hydrogen) atoms. The average Bonchev–Trinajstić information content (AvgIpc) is 2.87. The molecular formula is C14H16ClN3O2. The number of ether oxygens (including phenoxy) is 1. The summed E-state index contributed by atoms with van der Waals surface area (Å²) in [5, 5.41) is 7.35. The number of rotatable bonds is 5. The normalized spacial score (nSPS) is 11.9. The molecule has 0 aliphatic rings. The first-order valence-electron chi connectivity index (χ1n) is 6.33. The highest BCUT2D eigenvalue weighted by Crippen LogP contribution is 2.17. The van der Waals surface area contributed by atoms with Crippen molar-refractivity contribution in [2.75, 3.05) is 11.9 Å². The lowest BCUT2D eigenvalue weighted by atomic mass is 10.2. The van der Waals surface area contributed by atoms with Gasteiger partial charge in [0.05, 0.1) is 17.8 Å². The largest absolute Gasteiger partial charge is 0.494 e. The third kappa shape index (κ3) is 3.51. The molecule has 1 amide bonds. The lowest BCUT2D eigenvalue weighted by Crippen LogP contribution is -2.23. The first kappa shape index (κ1) is 14.4. The molecule has 0 spiro atoms. The Morgan fingerprint density at radius 3 is 2.70 bits per heavy atom. The average molecular weight is 294 g/mol. The number of amides is 1. The fourth-order valence-corrected chi connectivity index (χ4v) is 1.84. The van der Waals surface area contributed by atoms with Gasteiger partial charge in [-0.15, -0.1) is 0 Å². The van der Waals surface area contributed by atoms with Crippen LogP contribution in [0.3, 0.4) is 0 Å². The predicted molar refractivity (Wildman–Crippen MR) is 78.2 cm³/mol. The van der Waals surface area contributed by atoms with Crippen molar-refractivity contribution in [1.29, 1.82) is 0 Å². The monoisotopic (exact) mass is 293 g/mol. The van der Waals surface area contributed by atoms with Crippen molar-refractivity contribution in [1.82, 2.24) is 9.78 Å². The fourth-order valence-electron chi connectivity index (χ4n) is 1.69. The number of benzene rings is 1. The molecule has 0 aliphatic heterocycles. The van der Waals surface area contributed by atoms with Crippen LogP contribution in [0.25, 0.3) is 0 Å². The molecule has 1 heterocycles. The van der Waals surface area contributed by atoms with E-state index in [1.807, 2.05) is 19.1 Å². The summed E-state index contributed by atoms with van der Waals surface area (Å²) >= 11 is 5.79. The molecule has 1 aromatic heterocycles. The minimum Gasteiger partial charge on any atom is -0.494 e. The van der Waals surface area contributed by atoms with Gasteiger partial charge in [0.2, 0.25) is 5.91 Å². The first-order valence-corrected chi connectivity index (χ1v) is 6.71. The predicted octanol–water partition coefficient (Wildman–Crippen LogP) is 3.13. The number of anilines is 1. The van der Waals surface area contributed by atoms with E-state index in [-0.39, 0.29) is 5.91 Å². The second kappa shape index (κ2) is 6.43. The third-order valence-corrected chi connectivity index (χ3v) is 2.97. The van der Waals surface area contributed by atoms with E-state index in [2.05, 4.69) is 10.4 Å². The van der Waals surface area contributed by atoms with Gasteiger partial charge in [-0.1, -0.05) is 11.6 Å². The number of carbonyl (C=O) groups excluding carboxylic acids is 1. The Morgan fingerprint density at radius 2 is 2.15 bits per heavy atom. The number of halogens is 1. The number of aromatic nitrogens is 2. The smallest absolute Gasteiger partial charge is 0.248 e. The van der Waals surface area contributed by atoms with E-state index in [0.717, 1.165) is 5.75 Å². The van der Waals surface area contributed by atoms with Crippen LogP contribution in [0.5, 0.6) is 5.75 Å². The zero-order valence-corrected chi connectivity index (χ0v) is 12.1. The van der Waals surface area contributed by atoms with E-state index in [1.165, 1.54) is 10.9 Å². The summed E-state index contributed by atoms with van der Waals surface area (Å²) in [6.07, 6.45) is 3.12. The molecule has 2 aromatic rings. The van der Waals surface area contributed by atoms with Crippen molar-refractivity contribution >= 4 is 23.2 Å². The Hall–Kier alpha value is -2.01. The molecule has 0 radical (unpaired) electrons. The molecule has 5 nitrogen and oxygen atoms in total. The zero-order valence-electron chi connectivity index (χ0n) is 11.3. The van der Waals surface area contributed by atoms with Crippen molar-refractivity contribution < 1.29 is 9.53 Å². The number of hydrogen-bond donors (Lipinski definition) is 1. The molecule has 0 bridgehead atoms. The molecule has 106 valence electrons. The highest BCUT2D eigenvalue weighted by atomic mass is 35.5. The van der Waals surface area contributed by atoms with Crippen LogP contribution in [0.15, 0.2) is 36.7 Å². The number of carbonyl (C=O) groups is 1. The summed E-state index contributed by atoms with van der Waals surface area (Å²) in [5.74, 6) is 0.617. The number of nitrogens with zero attached hydrogens (tertiary/aromatic N) is 2. The topological polar surface area (TPSA) is 56.1 Å². The van der Waals surface area contributed by atoms with Crippen molar-refractivity contribution in [2.24, 2.45) is 0 Å². The van der Waals surface area contributed by atoms with Crippen molar-refractivity contribution in [3.05, 3.63) is 41.7 Å². The van der Waals surface area contributed by atoms with Crippen molar-refractivity contribution in [3.8, 4) is 5.75 Å². The minimum absolute atomic E-state index is 0.158. The maximum absolute atomic E-state index is 12.1. The molecule has 0 aliphatic carbocycles. The molecule has 1 unspecified atom stereocenters. The standard InChI is InChI=1S/C14H16ClN3O2/c1-3-20-13-6-4-12(5-7-13)17-14(19)10(2)18-9-11(15)8-16-18/h4-10H,3H2,1-2H3,(H,17,19). The van der Waals surface area contributed by atoms with Crippen LogP contribution in [-0.4, -0.2) is 22.3 Å². The molecular weight excluding hydrogens is 278 g/mol. The second-order valence-corrected chi connectivity index (χ2v) is 4.70. The van der Waals surface area contributed by atoms with Gasteiger partial charge < -0.3 is 10.1 Å². The number of hydrogen-bond acceptors (Lipinski definition) is 3. The lowest BCUT2D eigenvalue weighted by Gasteiger charge is -2.13. The van der Waals surface area contributed by atoms with Crippen LogP contribution >= 0.6 is 11.6 Å². The Morgan fingerprint density at radius 1 is 1.45 bits per heavy atom. The molecule has 1 aromatic carbocycles. The van der Waals surface area contributed by atoms with E-state index in [1.54, 1.807) is 25.3 Å². The Labute approximate surface area is 122 Å². The summed E-state index contributed by atoms with van der Waals surface area (Å²) in [5.41, 5.74) is 0.712. The second-order valence-electron chi connectivity index (χ2n) is 4.26. The van der Waals surface area contributed by atoms with Gasteiger partial charge in [0.15, 0.2) is 0 Å². The van der Waals surface area contributed by atoms with Crippen LogP contribution in [0, 0.1) is 0 Å². The van der Waals surface area contributed by atoms with Gasteiger partial charge in [0.25, 0.3) is 0 Å². The minimum atomic E-state index is -0.436. The molecule has 1 atom stereocenters. The summed E-state index contributed by atoms with van der Waals surface area (Å²) in [7, 11) is 0. The van der Waals surface area contributed by atoms with Crippen molar-refractivity contribution in [3.63, 3.8) is 0 Å². The van der Waals surface area contributed by atoms with Gasteiger partial charge in [-0.2, -0.15) is 5.10 Å². The maximum Gasteiger partial charge on any atom is 0.248 e. The fraction of sp³-hybridized carbons (Fsp3) is 0.286. The van der Waals surface area contributed by atoms with Crippen LogP contribution in [0.1, 0.15) is 19.9 Å². The quantitative estimate of drug-likeness (QED) is 0.921.